The minimum atomic E-state index is -4.64. The molecule has 0 aromatic heterocycles. The minimum Gasteiger partial charge on any atom is -0.480 e. The van der Waals surface area contributed by atoms with Crippen LogP contribution >= 0.6 is 7.82 Å². The van der Waals surface area contributed by atoms with Gasteiger partial charge in [0.05, 0.1) is 26.2 Å². The van der Waals surface area contributed by atoms with Crippen LogP contribution < -0.4 is 5.73 Å². The lowest BCUT2D eigenvalue weighted by atomic mass is 10.0. The zero-order chi connectivity index (χ0) is 39.8. The Bertz CT molecular complexity index is 1090. The number of phosphoric acid groups is 1. The highest BCUT2D eigenvalue weighted by Crippen LogP contribution is 2.43. The molecule has 3 unspecified atom stereocenters. The first-order valence-corrected chi connectivity index (χ1v) is 22.3. The Morgan fingerprint density at radius 1 is 0.593 bits per heavy atom. The van der Waals surface area contributed by atoms with Gasteiger partial charge in [-0.2, -0.15) is 0 Å². The van der Waals surface area contributed by atoms with E-state index >= 15 is 0 Å². The Balaban J connectivity index is 4.37. The van der Waals surface area contributed by atoms with Crippen molar-refractivity contribution >= 4 is 19.8 Å². The summed E-state index contributed by atoms with van der Waals surface area (Å²) < 4.78 is 33.2. The van der Waals surface area contributed by atoms with Crippen LogP contribution in [0.3, 0.4) is 0 Å². The predicted octanol–water partition coefficient (Wildman–Crippen LogP) is 11.3. The highest BCUT2D eigenvalue weighted by atomic mass is 31.2. The van der Waals surface area contributed by atoms with Gasteiger partial charge in [-0.15, -0.1) is 0 Å². The summed E-state index contributed by atoms with van der Waals surface area (Å²) >= 11 is 0. The van der Waals surface area contributed by atoms with Crippen LogP contribution in [0.1, 0.15) is 162 Å². The van der Waals surface area contributed by atoms with Crippen molar-refractivity contribution in [3.63, 3.8) is 0 Å². The molecule has 0 bridgehead atoms. The van der Waals surface area contributed by atoms with E-state index in [4.69, 9.17) is 24.8 Å². The summed E-state index contributed by atoms with van der Waals surface area (Å²) in [5, 5.41) is 8.88. The van der Waals surface area contributed by atoms with Gasteiger partial charge in [-0.05, 0) is 38.5 Å². The van der Waals surface area contributed by atoms with E-state index in [0.29, 0.717) is 13.0 Å². The molecule has 0 saturated heterocycles. The fraction of sp³-hybridized carbons (Fsp3) is 0.721. The molecular weight excluding hydrogens is 705 g/mol. The van der Waals surface area contributed by atoms with Gasteiger partial charge in [0.25, 0.3) is 0 Å². The Morgan fingerprint density at radius 3 is 1.44 bits per heavy atom. The molecule has 10 nitrogen and oxygen atoms in total. The average molecular weight is 782 g/mol. The number of carbonyl (C=O) groups excluding carboxylic acids is 1. The lowest BCUT2D eigenvalue weighted by Gasteiger charge is -2.20. The van der Waals surface area contributed by atoms with Gasteiger partial charge in [0.1, 0.15) is 12.1 Å². The molecule has 54 heavy (non-hydrogen) atoms. The van der Waals surface area contributed by atoms with Gasteiger partial charge in [0.15, 0.2) is 0 Å². The summed E-state index contributed by atoms with van der Waals surface area (Å²) in [6.07, 6.45) is 45.9. The van der Waals surface area contributed by atoms with Crippen LogP contribution in [0, 0.1) is 0 Å². The zero-order valence-corrected chi connectivity index (χ0v) is 34.7. The number of hydrogen-bond acceptors (Lipinski definition) is 8. The molecule has 0 rings (SSSR count). The maximum absolute atomic E-state index is 12.5. The molecule has 0 amide bonds. The van der Waals surface area contributed by atoms with Crippen molar-refractivity contribution in [3.05, 3.63) is 60.8 Å². The summed E-state index contributed by atoms with van der Waals surface area (Å²) in [5.41, 5.74) is 5.34. The Morgan fingerprint density at radius 2 is 1.00 bits per heavy atom. The third-order valence-electron chi connectivity index (χ3n) is 8.59. The summed E-state index contributed by atoms with van der Waals surface area (Å²) in [7, 11) is -4.64. The van der Waals surface area contributed by atoms with Gasteiger partial charge in [-0.1, -0.05) is 177 Å². The number of phosphoric ester groups is 1. The number of rotatable bonds is 39. The topological polar surface area (TPSA) is 155 Å². The van der Waals surface area contributed by atoms with Crippen LogP contribution in [0.2, 0.25) is 0 Å². The number of allylic oxidation sites excluding steroid dienone is 9. The molecule has 4 N–H and O–H groups in total. The number of nitrogens with two attached hydrogens (primary N) is 1. The summed E-state index contributed by atoms with van der Waals surface area (Å²) in [5.74, 6) is -1.91. The Labute approximate surface area is 328 Å². The molecule has 0 aliphatic heterocycles. The van der Waals surface area contributed by atoms with Crippen LogP contribution in [0.5, 0.6) is 0 Å². The molecule has 0 heterocycles. The maximum Gasteiger partial charge on any atom is 0.472 e. The van der Waals surface area contributed by atoms with Crippen molar-refractivity contribution in [2.24, 2.45) is 5.73 Å². The second-order valence-electron chi connectivity index (χ2n) is 13.8. The second-order valence-corrected chi connectivity index (χ2v) is 15.2. The molecule has 312 valence electrons. The molecule has 0 fully saturated rings. The average Bonchev–Trinajstić information content (AvgIpc) is 3.15. The highest BCUT2D eigenvalue weighted by molar-refractivity contribution is 7.47. The predicted molar refractivity (Wildman–Crippen MR) is 221 cm³/mol. The number of hydrogen-bond donors (Lipinski definition) is 3. The second kappa shape index (κ2) is 38.9. The van der Waals surface area contributed by atoms with Gasteiger partial charge in [0, 0.05) is 6.61 Å². The number of carboxylic acids is 1. The van der Waals surface area contributed by atoms with Crippen LogP contribution in [-0.4, -0.2) is 60.5 Å². The largest absolute Gasteiger partial charge is 0.480 e. The normalized spacial score (nSPS) is 14.6. The van der Waals surface area contributed by atoms with Crippen molar-refractivity contribution < 1.29 is 42.7 Å². The van der Waals surface area contributed by atoms with Crippen LogP contribution in [-0.2, 0) is 32.7 Å². The Hall–Kier alpha value is -2.33. The Kier molecular flexibility index (Phi) is 37.2. The first kappa shape index (κ1) is 51.7. The lowest BCUT2D eigenvalue weighted by molar-refractivity contribution is -0.153. The van der Waals surface area contributed by atoms with E-state index in [1.807, 2.05) is 12.2 Å². The number of carboxylic acid groups (broad SMARTS) is 1. The lowest BCUT2D eigenvalue weighted by Crippen LogP contribution is -2.34. The SMILES string of the molecule is CC/C=C\C/C=C\C/C=C\C/C=C\C/C=C\CC(=O)OC(COCCCCCCCCCCCCCCCCCCC)COP(=O)(O)OCC(N)C(=O)O. The first-order chi connectivity index (χ1) is 26.2. The van der Waals surface area contributed by atoms with E-state index in [1.54, 1.807) is 6.08 Å². The highest BCUT2D eigenvalue weighted by Gasteiger charge is 2.27. The molecule has 0 aliphatic carbocycles. The van der Waals surface area contributed by atoms with Crippen LogP contribution in [0.15, 0.2) is 60.8 Å². The van der Waals surface area contributed by atoms with Gasteiger partial charge in [-0.3, -0.25) is 18.6 Å². The molecule has 11 heteroatoms. The van der Waals surface area contributed by atoms with E-state index in [2.05, 4.69) is 60.9 Å². The van der Waals surface area contributed by atoms with Gasteiger partial charge in [0.2, 0.25) is 0 Å². The number of esters is 1. The molecule has 0 aromatic rings. The molecule has 0 aromatic carbocycles. The quantitative estimate of drug-likeness (QED) is 0.0237. The summed E-state index contributed by atoms with van der Waals surface area (Å²) in [4.78, 5) is 33.4. The van der Waals surface area contributed by atoms with E-state index in [9.17, 15) is 19.0 Å². The van der Waals surface area contributed by atoms with Crippen molar-refractivity contribution in [3.8, 4) is 0 Å². The number of aliphatic carboxylic acids is 1. The standard InChI is InChI=1S/C43H76NO9P/c1-3-5-7-9-11-13-15-17-19-20-22-24-26-28-30-32-34-36-50-37-40(38-51-54(48,49)52-39-41(44)43(46)47)53-42(45)35-33-31-29-27-25-23-21-18-16-14-12-10-8-6-4-2/h6,8,12,14,18,21,25,27,31,33,40-41H,3-5,7,9-11,13,15-17,19-20,22-24,26,28-30,32,34-39,44H2,1-2H3,(H,46,47)(H,48,49)/b8-6-,14-12-,21-18-,27-25-,33-31-. The summed E-state index contributed by atoms with van der Waals surface area (Å²) in [6, 6.07) is -1.49. The van der Waals surface area contributed by atoms with E-state index in [-0.39, 0.29) is 13.0 Å². The van der Waals surface area contributed by atoms with E-state index in [0.717, 1.165) is 44.9 Å². The van der Waals surface area contributed by atoms with Crippen molar-refractivity contribution in [2.75, 3.05) is 26.4 Å². The van der Waals surface area contributed by atoms with Gasteiger partial charge < -0.3 is 25.2 Å². The van der Waals surface area contributed by atoms with Crippen LogP contribution in [0.4, 0.5) is 0 Å². The monoisotopic (exact) mass is 782 g/mol. The summed E-state index contributed by atoms with van der Waals surface area (Å²) in [6.45, 7) is 3.64. The molecule has 0 spiro atoms. The number of unbranched alkanes of at least 4 members (excludes halogenated alkanes) is 16. The minimum absolute atomic E-state index is 0.0178. The van der Waals surface area contributed by atoms with Crippen molar-refractivity contribution in [1.29, 1.82) is 0 Å². The zero-order valence-electron chi connectivity index (χ0n) is 33.8. The first-order valence-electron chi connectivity index (χ1n) is 20.8. The number of ether oxygens (including phenoxy) is 2. The molecule has 0 saturated carbocycles. The van der Waals surface area contributed by atoms with Crippen molar-refractivity contribution in [1.82, 2.24) is 0 Å². The fourth-order valence-electron chi connectivity index (χ4n) is 5.38. The van der Waals surface area contributed by atoms with Gasteiger partial charge >= 0.3 is 19.8 Å². The maximum atomic E-state index is 12.5. The van der Waals surface area contributed by atoms with E-state index < -0.39 is 45.1 Å². The molecule has 3 atom stereocenters. The van der Waals surface area contributed by atoms with Crippen LogP contribution in [0.25, 0.3) is 0 Å². The van der Waals surface area contributed by atoms with Gasteiger partial charge in [-0.25, -0.2) is 4.57 Å². The molecule has 0 radical (unpaired) electrons. The molecular formula is C43H76NO9P. The third kappa shape index (κ3) is 38.0. The van der Waals surface area contributed by atoms with E-state index in [1.165, 1.54) is 89.9 Å². The molecule has 0 aliphatic rings. The third-order valence-corrected chi connectivity index (χ3v) is 9.55. The fourth-order valence-corrected chi connectivity index (χ4v) is 6.16. The van der Waals surface area contributed by atoms with Crippen molar-refractivity contribution in [2.45, 2.75) is 174 Å². The smallest absolute Gasteiger partial charge is 0.472 e. The number of carbonyl (C=O) groups is 2.